The summed E-state index contributed by atoms with van der Waals surface area (Å²) in [6.45, 7) is 5.27. The van der Waals surface area contributed by atoms with Crippen LogP contribution in [0.5, 0.6) is 0 Å². The molecule has 0 bridgehead atoms. The topological polar surface area (TPSA) is 46.2 Å². The Morgan fingerprint density at radius 3 is 1.11 bits per heavy atom. The molecule has 3 nitrogen and oxygen atoms in total. The first-order chi connectivity index (χ1) is 17.2. The third-order valence-corrected chi connectivity index (χ3v) is 7.27. The number of hydrogen-bond acceptors (Lipinski definition) is 2. The molecule has 208 valence electrons. The molecule has 0 aromatic heterocycles. The van der Waals surface area contributed by atoms with Gasteiger partial charge in [0.25, 0.3) is 0 Å². The number of ketones is 1. The molecule has 0 saturated heterocycles. The van der Waals surface area contributed by atoms with Crippen molar-refractivity contribution in [1.29, 1.82) is 0 Å². The zero-order valence-corrected chi connectivity index (χ0v) is 24.1. The van der Waals surface area contributed by atoms with Gasteiger partial charge < -0.3 is 5.32 Å². The van der Waals surface area contributed by atoms with E-state index in [1.807, 2.05) is 0 Å². The zero-order valence-electron chi connectivity index (χ0n) is 24.1. The van der Waals surface area contributed by atoms with Gasteiger partial charge in [-0.3, -0.25) is 9.59 Å². The maximum atomic E-state index is 12.0. The van der Waals surface area contributed by atoms with E-state index in [4.69, 9.17) is 0 Å². The van der Waals surface area contributed by atoms with E-state index < -0.39 is 0 Å². The summed E-state index contributed by atoms with van der Waals surface area (Å²) in [5.41, 5.74) is 0. The number of rotatable bonds is 29. The molecule has 1 amide bonds. The van der Waals surface area contributed by atoms with Crippen molar-refractivity contribution >= 4 is 11.7 Å². The molecule has 0 unspecified atom stereocenters. The fourth-order valence-corrected chi connectivity index (χ4v) is 4.86. The van der Waals surface area contributed by atoms with Crippen LogP contribution in [0.15, 0.2) is 0 Å². The Bertz CT molecular complexity index is 409. The second-order valence-electron chi connectivity index (χ2n) is 10.9. The molecule has 0 heterocycles. The molecule has 0 fully saturated rings. The highest BCUT2D eigenvalue weighted by Crippen LogP contribution is 2.14. The minimum Gasteiger partial charge on any atom is -0.356 e. The summed E-state index contributed by atoms with van der Waals surface area (Å²) in [6.07, 6.45) is 33.6. The van der Waals surface area contributed by atoms with Crippen molar-refractivity contribution in [2.45, 2.75) is 187 Å². The molecule has 3 heteroatoms. The zero-order chi connectivity index (χ0) is 25.7. The molecule has 0 saturated carbocycles. The van der Waals surface area contributed by atoms with Crippen LogP contribution >= 0.6 is 0 Å². The SMILES string of the molecule is CCCCCCCCCCCCCCCC(=O)CC(=O)NCCCCCCCCCCCCCC. The van der Waals surface area contributed by atoms with Gasteiger partial charge >= 0.3 is 0 Å². The molecule has 0 aromatic carbocycles. The number of carbonyl (C=O) groups excluding carboxylic acids is 2. The fourth-order valence-electron chi connectivity index (χ4n) is 4.86. The second-order valence-corrected chi connectivity index (χ2v) is 10.9. The Hall–Kier alpha value is -0.860. The molecular weight excluding hydrogens is 430 g/mol. The van der Waals surface area contributed by atoms with Crippen LogP contribution in [-0.2, 0) is 9.59 Å². The van der Waals surface area contributed by atoms with Crippen molar-refractivity contribution in [3.63, 3.8) is 0 Å². The van der Waals surface area contributed by atoms with E-state index in [0.29, 0.717) is 6.42 Å². The van der Waals surface area contributed by atoms with Crippen LogP contribution in [0.2, 0.25) is 0 Å². The van der Waals surface area contributed by atoms with Gasteiger partial charge in [-0.15, -0.1) is 0 Å². The maximum Gasteiger partial charge on any atom is 0.227 e. The second kappa shape index (κ2) is 29.4. The first kappa shape index (κ1) is 34.1. The summed E-state index contributed by atoms with van der Waals surface area (Å²) in [5.74, 6) is 0.0352. The summed E-state index contributed by atoms with van der Waals surface area (Å²) in [6, 6.07) is 0. The number of Topliss-reactive ketones (excluding diaryl/α,β-unsaturated/α-hetero) is 1. The van der Waals surface area contributed by atoms with Crippen molar-refractivity contribution < 1.29 is 9.59 Å². The van der Waals surface area contributed by atoms with Gasteiger partial charge in [0.05, 0.1) is 6.42 Å². The van der Waals surface area contributed by atoms with Crippen LogP contribution < -0.4 is 5.32 Å². The van der Waals surface area contributed by atoms with Gasteiger partial charge in [0.15, 0.2) is 0 Å². The van der Waals surface area contributed by atoms with Gasteiger partial charge in [-0.05, 0) is 12.8 Å². The summed E-state index contributed by atoms with van der Waals surface area (Å²) in [5, 5.41) is 2.94. The molecular formula is C32H63NO2. The van der Waals surface area contributed by atoms with Crippen molar-refractivity contribution in [2.75, 3.05) is 6.54 Å². The van der Waals surface area contributed by atoms with E-state index in [1.165, 1.54) is 141 Å². The highest BCUT2D eigenvalue weighted by molar-refractivity contribution is 5.97. The lowest BCUT2D eigenvalue weighted by Gasteiger charge is -2.06. The molecule has 0 aliphatic rings. The third kappa shape index (κ3) is 29.3. The molecule has 0 aromatic rings. The van der Waals surface area contributed by atoms with Gasteiger partial charge in [0.2, 0.25) is 5.91 Å². The Morgan fingerprint density at radius 1 is 0.429 bits per heavy atom. The summed E-state index contributed by atoms with van der Waals surface area (Å²) >= 11 is 0. The quantitative estimate of drug-likeness (QED) is 0.0831. The normalized spacial score (nSPS) is 11.1. The van der Waals surface area contributed by atoms with Gasteiger partial charge in [-0.2, -0.15) is 0 Å². The Balaban J connectivity index is 3.29. The first-order valence-electron chi connectivity index (χ1n) is 16.0. The molecule has 0 radical (unpaired) electrons. The number of unbranched alkanes of at least 4 members (excludes halogenated alkanes) is 23. The monoisotopic (exact) mass is 493 g/mol. The van der Waals surface area contributed by atoms with Crippen LogP contribution in [0.25, 0.3) is 0 Å². The number of hydrogen-bond donors (Lipinski definition) is 1. The van der Waals surface area contributed by atoms with E-state index >= 15 is 0 Å². The van der Waals surface area contributed by atoms with Crippen LogP contribution in [-0.4, -0.2) is 18.2 Å². The fraction of sp³-hybridized carbons (Fsp3) is 0.938. The van der Waals surface area contributed by atoms with E-state index in [0.717, 1.165) is 25.8 Å². The van der Waals surface area contributed by atoms with Crippen LogP contribution in [0, 0.1) is 0 Å². The highest BCUT2D eigenvalue weighted by Gasteiger charge is 2.08. The minimum absolute atomic E-state index is 0.0761. The number of nitrogens with one attached hydrogen (secondary N) is 1. The lowest BCUT2D eigenvalue weighted by molar-refractivity contribution is -0.128. The summed E-state index contributed by atoms with van der Waals surface area (Å²) < 4.78 is 0. The predicted octanol–water partition coefficient (Wildman–Crippen LogP) is 10.2. The third-order valence-electron chi connectivity index (χ3n) is 7.27. The highest BCUT2D eigenvalue weighted by atomic mass is 16.2. The lowest BCUT2D eigenvalue weighted by atomic mass is 10.0. The molecule has 0 atom stereocenters. The number of amides is 1. The molecule has 0 aliphatic carbocycles. The Morgan fingerprint density at radius 2 is 0.743 bits per heavy atom. The van der Waals surface area contributed by atoms with Gasteiger partial charge in [-0.1, -0.05) is 162 Å². The minimum atomic E-state index is -0.0761. The van der Waals surface area contributed by atoms with Crippen molar-refractivity contribution in [3.05, 3.63) is 0 Å². The first-order valence-corrected chi connectivity index (χ1v) is 16.0. The molecule has 0 aliphatic heterocycles. The summed E-state index contributed by atoms with van der Waals surface area (Å²) in [4.78, 5) is 24.0. The van der Waals surface area contributed by atoms with Crippen LogP contribution in [0.1, 0.15) is 187 Å². The summed E-state index contributed by atoms with van der Waals surface area (Å²) in [7, 11) is 0. The predicted molar refractivity (Wildman–Crippen MR) is 154 cm³/mol. The Labute approximate surface area is 220 Å². The maximum absolute atomic E-state index is 12.0. The van der Waals surface area contributed by atoms with E-state index in [9.17, 15) is 9.59 Å². The van der Waals surface area contributed by atoms with Gasteiger partial charge in [0.1, 0.15) is 5.78 Å². The lowest BCUT2D eigenvalue weighted by Crippen LogP contribution is -2.26. The standard InChI is InChI=1S/C32H63NO2/c1-3-5-7-9-11-13-15-17-18-20-22-24-26-28-31(34)30-32(35)33-29-27-25-23-21-19-16-14-12-10-8-6-4-2/h3-30H2,1-2H3,(H,33,35). The van der Waals surface area contributed by atoms with Crippen LogP contribution in [0.4, 0.5) is 0 Å². The molecule has 35 heavy (non-hydrogen) atoms. The largest absolute Gasteiger partial charge is 0.356 e. The van der Waals surface area contributed by atoms with E-state index in [1.54, 1.807) is 0 Å². The molecule has 1 N–H and O–H groups in total. The van der Waals surface area contributed by atoms with Crippen molar-refractivity contribution in [1.82, 2.24) is 5.32 Å². The average molecular weight is 494 g/mol. The van der Waals surface area contributed by atoms with Gasteiger partial charge in [0, 0.05) is 13.0 Å². The van der Waals surface area contributed by atoms with E-state index in [2.05, 4.69) is 19.2 Å². The Kier molecular flexibility index (Phi) is 28.6. The van der Waals surface area contributed by atoms with Crippen LogP contribution in [0.3, 0.4) is 0 Å². The van der Waals surface area contributed by atoms with Crippen molar-refractivity contribution in [2.24, 2.45) is 0 Å². The van der Waals surface area contributed by atoms with E-state index in [-0.39, 0.29) is 18.1 Å². The molecule has 0 spiro atoms. The number of carbonyl (C=O) groups is 2. The molecule has 0 rings (SSSR count). The van der Waals surface area contributed by atoms with Crippen molar-refractivity contribution in [3.8, 4) is 0 Å². The average Bonchev–Trinajstić information content (AvgIpc) is 2.85. The van der Waals surface area contributed by atoms with Gasteiger partial charge in [-0.25, -0.2) is 0 Å². The smallest absolute Gasteiger partial charge is 0.227 e.